The lowest BCUT2D eigenvalue weighted by Crippen LogP contribution is -2.33. The van der Waals surface area contributed by atoms with Crippen molar-refractivity contribution in [1.82, 2.24) is 15.2 Å². The van der Waals surface area contributed by atoms with E-state index in [2.05, 4.69) is 16.4 Å². The van der Waals surface area contributed by atoms with Crippen molar-refractivity contribution in [1.29, 1.82) is 0 Å². The van der Waals surface area contributed by atoms with Crippen molar-refractivity contribution in [2.24, 2.45) is 0 Å². The molecule has 0 unspecified atom stereocenters. The largest absolute Gasteiger partial charge is 0.491 e. The first-order valence-electron chi connectivity index (χ1n) is 10.8. The van der Waals surface area contributed by atoms with E-state index in [0.29, 0.717) is 44.3 Å². The molecule has 1 aromatic heterocycles. The standard InChI is InChI=1S/C25H25N3O3/c29-23(27-20-7-8-20)10-6-17-5-9-22-19(15-17)16-28(13-14-31-22)25(30)24-21-4-2-1-3-18(21)11-12-26-24/h1-5,9,11-12,15,20H,6-8,10,13-14,16H2,(H,27,29). The first-order chi connectivity index (χ1) is 15.2. The average molecular weight is 415 g/mol. The first kappa shape index (κ1) is 19.5. The maximum Gasteiger partial charge on any atom is 0.273 e. The van der Waals surface area contributed by atoms with Gasteiger partial charge in [-0.05, 0) is 42.3 Å². The molecule has 1 aliphatic carbocycles. The molecular formula is C25H25N3O3. The van der Waals surface area contributed by atoms with E-state index >= 15 is 0 Å². The molecule has 31 heavy (non-hydrogen) atoms. The highest BCUT2D eigenvalue weighted by molar-refractivity contribution is 6.05. The molecule has 1 fully saturated rings. The third kappa shape index (κ3) is 4.38. The number of rotatable bonds is 5. The van der Waals surface area contributed by atoms with Crippen molar-refractivity contribution in [2.75, 3.05) is 13.2 Å². The number of hydrogen-bond acceptors (Lipinski definition) is 4. The number of carbonyl (C=O) groups excluding carboxylic acids is 2. The molecular weight excluding hydrogens is 390 g/mol. The van der Waals surface area contributed by atoms with Gasteiger partial charge < -0.3 is 15.0 Å². The summed E-state index contributed by atoms with van der Waals surface area (Å²) >= 11 is 0. The van der Waals surface area contributed by atoms with E-state index in [9.17, 15) is 9.59 Å². The predicted molar refractivity (Wildman–Crippen MR) is 118 cm³/mol. The second-order valence-corrected chi connectivity index (χ2v) is 8.24. The molecule has 3 aromatic rings. The van der Waals surface area contributed by atoms with Gasteiger partial charge in [0.25, 0.3) is 5.91 Å². The van der Waals surface area contributed by atoms with Crippen molar-refractivity contribution in [3.8, 4) is 5.75 Å². The Bertz CT molecular complexity index is 1130. The molecule has 0 atom stereocenters. The maximum atomic E-state index is 13.3. The van der Waals surface area contributed by atoms with Gasteiger partial charge in [-0.2, -0.15) is 0 Å². The van der Waals surface area contributed by atoms with Crippen molar-refractivity contribution in [3.05, 3.63) is 71.5 Å². The number of nitrogens with one attached hydrogen (secondary N) is 1. The minimum atomic E-state index is -0.0949. The lowest BCUT2D eigenvalue weighted by atomic mass is 10.0. The Balaban J connectivity index is 1.34. The van der Waals surface area contributed by atoms with Gasteiger partial charge in [-0.15, -0.1) is 0 Å². The number of aromatic nitrogens is 1. The number of amides is 2. The lowest BCUT2D eigenvalue weighted by Gasteiger charge is -2.20. The summed E-state index contributed by atoms with van der Waals surface area (Å²) in [5, 5.41) is 4.88. The molecule has 0 spiro atoms. The molecule has 6 nitrogen and oxygen atoms in total. The molecule has 1 N–H and O–H groups in total. The minimum absolute atomic E-state index is 0.0949. The van der Waals surface area contributed by atoms with Crippen LogP contribution in [0.25, 0.3) is 10.8 Å². The molecule has 2 aromatic carbocycles. The Hall–Kier alpha value is -3.41. The summed E-state index contributed by atoms with van der Waals surface area (Å²) in [4.78, 5) is 31.5. The molecule has 5 rings (SSSR count). The smallest absolute Gasteiger partial charge is 0.273 e. The molecule has 2 heterocycles. The molecule has 2 aliphatic rings. The highest BCUT2D eigenvalue weighted by Crippen LogP contribution is 2.27. The van der Waals surface area contributed by atoms with E-state index < -0.39 is 0 Å². The van der Waals surface area contributed by atoms with Crippen LogP contribution in [0.15, 0.2) is 54.7 Å². The molecule has 1 saturated carbocycles. The molecule has 1 aliphatic heterocycles. The highest BCUT2D eigenvalue weighted by atomic mass is 16.5. The van der Waals surface area contributed by atoms with Gasteiger partial charge in [-0.3, -0.25) is 14.6 Å². The van der Waals surface area contributed by atoms with Crippen molar-refractivity contribution >= 4 is 22.6 Å². The third-order valence-electron chi connectivity index (χ3n) is 5.85. The van der Waals surface area contributed by atoms with E-state index in [0.717, 1.165) is 40.5 Å². The van der Waals surface area contributed by atoms with Crippen LogP contribution in [0.1, 0.15) is 40.9 Å². The number of carbonyl (C=O) groups is 2. The minimum Gasteiger partial charge on any atom is -0.491 e. The summed E-state index contributed by atoms with van der Waals surface area (Å²) in [7, 11) is 0. The van der Waals surface area contributed by atoms with Gasteiger partial charge in [0.2, 0.25) is 5.91 Å². The molecule has 0 bridgehead atoms. The molecule has 6 heteroatoms. The van der Waals surface area contributed by atoms with Crippen LogP contribution in [-0.4, -0.2) is 40.9 Å². The third-order valence-corrected chi connectivity index (χ3v) is 5.85. The van der Waals surface area contributed by atoms with Gasteiger partial charge in [0, 0.05) is 36.2 Å². The fourth-order valence-corrected chi connectivity index (χ4v) is 4.00. The number of benzene rings is 2. The molecule has 2 amide bonds. The lowest BCUT2D eigenvalue weighted by molar-refractivity contribution is -0.121. The molecule has 158 valence electrons. The van der Waals surface area contributed by atoms with Gasteiger partial charge in [0.1, 0.15) is 18.1 Å². The summed E-state index contributed by atoms with van der Waals surface area (Å²) in [6.45, 7) is 1.39. The number of pyridine rings is 1. The van der Waals surface area contributed by atoms with Crippen LogP contribution in [0.4, 0.5) is 0 Å². The van der Waals surface area contributed by atoms with E-state index in [4.69, 9.17) is 4.74 Å². The van der Waals surface area contributed by atoms with Crippen LogP contribution in [0.3, 0.4) is 0 Å². The fraction of sp³-hybridized carbons (Fsp3) is 0.320. The second kappa shape index (κ2) is 8.38. The zero-order valence-electron chi connectivity index (χ0n) is 17.3. The zero-order chi connectivity index (χ0) is 21.2. The summed E-state index contributed by atoms with van der Waals surface area (Å²) in [5.74, 6) is 0.808. The SMILES string of the molecule is O=C(CCc1ccc2c(c1)CN(C(=O)c1nccc3ccccc13)CCO2)NC1CC1. The highest BCUT2D eigenvalue weighted by Gasteiger charge is 2.24. The van der Waals surface area contributed by atoms with Crippen LogP contribution in [0, 0.1) is 0 Å². The summed E-state index contributed by atoms with van der Waals surface area (Å²) in [6.07, 6.45) is 5.01. The predicted octanol–water partition coefficient (Wildman–Crippen LogP) is 3.48. The Kier molecular flexibility index (Phi) is 5.28. The number of aryl methyl sites for hydroxylation is 1. The van der Waals surface area contributed by atoms with E-state index in [1.54, 1.807) is 11.1 Å². The van der Waals surface area contributed by atoms with Gasteiger partial charge >= 0.3 is 0 Å². The molecule has 0 saturated heterocycles. The Morgan fingerprint density at radius 2 is 2.00 bits per heavy atom. The number of fused-ring (bicyclic) bond motifs is 2. The van der Waals surface area contributed by atoms with E-state index in [1.165, 1.54) is 0 Å². The topological polar surface area (TPSA) is 71.5 Å². The second-order valence-electron chi connectivity index (χ2n) is 8.24. The monoisotopic (exact) mass is 415 g/mol. The van der Waals surface area contributed by atoms with Crippen LogP contribution in [0.5, 0.6) is 5.75 Å². The molecule has 0 radical (unpaired) electrons. The van der Waals surface area contributed by atoms with E-state index in [1.807, 2.05) is 42.5 Å². The van der Waals surface area contributed by atoms with Crippen LogP contribution in [-0.2, 0) is 17.8 Å². The van der Waals surface area contributed by atoms with E-state index in [-0.39, 0.29) is 11.8 Å². The normalized spacial score (nSPS) is 15.7. The Morgan fingerprint density at radius 3 is 2.87 bits per heavy atom. The summed E-state index contributed by atoms with van der Waals surface area (Å²) < 4.78 is 5.90. The maximum absolute atomic E-state index is 13.3. The van der Waals surface area contributed by atoms with Crippen LogP contribution in [0.2, 0.25) is 0 Å². The summed E-state index contributed by atoms with van der Waals surface area (Å²) in [5.41, 5.74) is 2.51. The van der Waals surface area contributed by atoms with Crippen molar-refractivity contribution in [3.63, 3.8) is 0 Å². The van der Waals surface area contributed by atoms with Gasteiger partial charge in [-0.1, -0.05) is 36.4 Å². The van der Waals surface area contributed by atoms with Crippen molar-refractivity contribution in [2.45, 2.75) is 38.3 Å². The van der Waals surface area contributed by atoms with Gasteiger partial charge in [0.05, 0.1) is 6.54 Å². The first-order valence-corrected chi connectivity index (χ1v) is 10.8. The number of nitrogens with zero attached hydrogens (tertiary/aromatic N) is 2. The quantitative estimate of drug-likeness (QED) is 0.693. The number of hydrogen-bond donors (Lipinski definition) is 1. The average Bonchev–Trinajstić information content (AvgIpc) is 3.63. The van der Waals surface area contributed by atoms with Gasteiger partial charge in [-0.25, -0.2) is 0 Å². The van der Waals surface area contributed by atoms with Crippen molar-refractivity contribution < 1.29 is 14.3 Å². The van der Waals surface area contributed by atoms with Crippen LogP contribution < -0.4 is 10.1 Å². The fourth-order valence-electron chi connectivity index (χ4n) is 4.00. The van der Waals surface area contributed by atoms with Crippen LogP contribution >= 0.6 is 0 Å². The zero-order valence-corrected chi connectivity index (χ0v) is 17.3. The Labute approximate surface area is 181 Å². The summed E-state index contributed by atoms with van der Waals surface area (Å²) in [6, 6.07) is 16.1. The number of ether oxygens (including phenoxy) is 1. The Morgan fingerprint density at radius 1 is 1.13 bits per heavy atom. The van der Waals surface area contributed by atoms with Gasteiger partial charge in [0.15, 0.2) is 0 Å².